The summed E-state index contributed by atoms with van der Waals surface area (Å²) < 4.78 is 8.43. The van der Waals surface area contributed by atoms with Crippen molar-refractivity contribution in [3.8, 4) is 5.75 Å². The van der Waals surface area contributed by atoms with Gasteiger partial charge in [-0.25, -0.2) is 9.97 Å². The lowest BCUT2D eigenvalue weighted by Gasteiger charge is -2.13. The lowest BCUT2D eigenvalue weighted by atomic mass is 10.1. The van der Waals surface area contributed by atoms with Crippen LogP contribution in [0.2, 0.25) is 0 Å². The van der Waals surface area contributed by atoms with Gasteiger partial charge in [-0.1, -0.05) is 61.7 Å². The Labute approximate surface area is 182 Å². The van der Waals surface area contributed by atoms with Crippen LogP contribution in [0.15, 0.2) is 66.7 Å². The van der Waals surface area contributed by atoms with Crippen molar-refractivity contribution in [1.82, 2.24) is 14.5 Å². The summed E-state index contributed by atoms with van der Waals surface area (Å²) in [4.78, 5) is 10.0. The molecule has 5 rings (SSSR count). The summed E-state index contributed by atoms with van der Waals surface area (Å²) in [5.74, 6) is 0.953. The zero-order valence-corrected chi connectivity index (χ0v) is 18.1. The van der Waals surface area contributed by atoms with Crippen LogP contribution in [-0.2, 0) is 6.54 Å². The molecule has 0 amide bonds. The van der Waals surface area contributed by atoms with Gasteiger partial charge in [-0.05, 0) is 43.7 Å². The van der Waals surface area contributed by atoms with Crippen molar-refractivity contribution in [2.75, 3.05) is 6.61 Å². The van der Waals surface area contributed by atoms with Crippen LogP contribution in [0.3, 0.4) is 0 Å². The number of aryl methyl sites for hydroxylation is 1. The highest BCUT2D eigenvalue weighted by molar-refractivity contribution is 6.06. The summed E-state index contributed by atoms with van der Waals surface area (Å²) in [6, 6.07) is 23.0. The van der Waals surface area contributed by atoms with Crippen LogP contribution >= 0.6 is 0 Å². The van der Waals surface area contributed by atoms with Crippen LogP contribution in [0, 0.1) is 6.92 Å². The predicted molar refractivity (Wildman–Crippen MR) is 128 cm³/mol. The number of hydrogen-bond donors (Lipinski definition) is 0. The molecular formula is C27H27N3O. The van der Waals surface area contributed by atoms with Crippen LogP contribution in [0.1, 0.15) is 37.3 Å². The second kappa shape index (κ2) is 8.38. The smallest absolute Gasteiger partial charge is 0.160 e. The number of unbranched alkanes of at least 4 members (excludes halogenated alkanes) is 2. The van der Waals surface area contributed by atoms with Crippen molar-refractivity contribution in [3.63, 3.8) is 0 Å². The Morgan fingerprint density at radius 3 is 2.48 bits per heavy atom. The largest absolute Gasteiger partial charge is 0.493 e. The molecule has 0 fully saturated rings. The molecule has 0 atom stereocenters. The minimum absolute atomic E-state index is 0.694. The number of nitrogens with zero attached hydrogens (tertiary/aromatic N) is 3. The monoisotopic (exact) mass is 409 g/mol. The van der Waals surface area contributed by atoms with E-state index in [1.54, 1.807) is 0 Å². The minimum atomic E-state index is 0.694. The SMILES string of the molecule is CCCCCOc1ccccc1Cn1c2ccc(C)cc2c2nc3ccccc3nc21. The van der Waals surface area contributed by atoms with E-state index in [1.165, 1.54) is 18.4 Å². The van der Waals surface area contributed by atoms with E-state index in [0.29, 0.717) is 6.54 Å². The van der Waals surface area contributed by atoms with Gasteiger partial charge in [0.05, 0.1) is 29.7 Å². The summed E-state index contributed by atoms with van der Waals surface area (Å²) in [5, 5.41) is 1.15. The molecule has 4 heteroatoms. The Morgan fingerprint density at radius 1 is 0.871 bits per heavy atom. The molecule has 2 aromatic heterocycles. The predicted octanol–water partition coefficient (Wildman–Crippen LogP) is 6.66. The number of para-hydroxylation sites is 3. The summed E-state index contributed by atoms with van der Waals surface area (Å²) >= 11 is 0. The zero-order chi connectivity index (χ0) is 21.2. The molecule has 0 aliphatic rings. The Balaban J connectivity index is 1.64. The fourth-order valence-corrected chi connectivity index (χ4v) is 4.19. The van der Waals surface area contributed by atoms with E-state index in [0.717, 1.165) is 57.4 Å². The van der Waals surface area contributed by atoms with Crippen molar-refractivity contribution in [2.24, 2.45) is 0 Å². The van der Waals surface area contributed by atoms with E-state index >= 15 is 0 Å². The van der Waals surface area contributed by atoms with Crippen LogP contribution in [0.25, 0.3) is 33.1 Å². The summed E-state index contributed by atoms with van der Waals surface area (Å²) in [5.41, 5.74) is 7.25. The molecule has 31 heavy (non-hydrogen) atoms. The standard InChI is InChI=1S/C27H27N3O/c1-3-4-9-16-31-25-13-8-5-10-20(25)18-30-24-15-14-19(2)17-21(24)26-27(30)29-23-12-7-6-11-22(23)28-26/h5-8,10-15,17H,3-4,9,16,18H2,1-2H3. The molecule has 0 radical (unpaired) electrons. The van der Waals surface area contributed by atoms with Crippen molar-refractivity contribution >= 4 is 33.1 Å². The molecule has 0 N–H and O–H groups in total. The van der Waals surface area contributed by atoms with Crippen molar-refractivity contribution in [2.45, 2.75) is 39.7 Å². The highest BCUT2D eigenvalue weighted by Gasteiger charge is 2.16. The van der Waals surface area contributed by atoms with E-state index in [4.69, 9.17) is 14.7 Å². The number of fused-ring (bicyclic) bond motifs is 4. The zero-order valence-electron chi connectivity index (χ0n) is 18.1. The first-order valence-corrected chi connectivity index (χ1v) is 11.1. The van der Waals surface area contributed by atoms with E-state index in [-0.39, 0.29) is 0 Å². The van der Waals surface area contributed by atoms with E-state index in [1.807, 2.05) is 30.3 Å². The molecule has 0 spiro atoms. The maximum atomic E-state index is 6.15. The Kier molecular flexibility index (Phi) is 5.29. The Morgan fingerprint density at radius 2 is 1.65 bits per heavy atom. The van der Waals surface area contributed by atoms with Gasteiger partial charge >= 0.3 is 0 Å². The maximum Gasteiger partial charge on any atom is 0.160 e. The maximum absolute atomic E-state index is 6.15. The van der Waals surface area contributed by atoms with Crippen LogP contribution in [0.4, 0.5) is 0 Å². The third-order valence-corrected chi connectivity index (χ3v) is 5.81. The normalized spacial score (nSPS) is 11.5. The lowest BCUT2D eigenvalue weighted by molar-refractivity contribution is 0.303. The molecule has 3 aromatic carbocycles. The molecule has 4 nitrogen and oxygen atoms in total. The van der Waals surface area contributed by atoms with Gasteiger partial charge in [-0.2, -0.15) is 0 Å². The minimum Gasteiger partial charge on any atom is -0.493 e. The van der Waals surface area contributed by atoms with E-state index in [9.17, 15) is 0 Å². The molecule has 5 aromatic rings. The average molecular weight is 410 g/mol. The first kappa shape index (κ1) is 19.6. The van der Waals surface area contributed by atoms with Gasteiger partial charge in [0.25, 0.3) is 0 Å². The quantitative estimate of drug-likeness (QED) is 0.282. The van der Waals surface area contributed by atoms with Gasteiger partial charge in [0.2, 0.25) is 0 Å². The molecule has 0 bridgehead atoms. The Bertz CT molecular complexity index is 1370. The summed E-state index contributed by atoms with van der Waals surface area (Å²) in [6.45, 7) is 5.78. The summed E-state index contributed by atoms with van der Waals surface area (Å²) in [7, 11) is 0. The number of ether oxygens (including phenoxy) is 1. The van der Waals surface area contributed by atoms with Crippen molar-refractivity contribution < 1.29 is 4.74 Å². The lowest BCUT2D eigenvalue weighted by Crippen LogP contribution is -2.05. The van der Waals surface area contributed by atoms with Gasteiger partial charge in [0, 0.05) is 10.9 Å². The third kappa shape index (κ3) is 3.74. The van der Waals surface area contributed by atoms with Crippen LogP contribution in [-0.4, -0.2) is 21.1 Å². The molecule has 0 aliphatic carbocycles. The third-order valence-electron chi connectivity index (χ3n) is 5.81. The molecule has 0 aliphatic heterocycles. The first-order chi connectivity index (χ1) is 15.2. The van der Waals surface area contributed by atoms with Gasteiger partial charge < -0.3 is 9.30 Å². The van der Waals surface area contributed by atoms with Crippen molar-refractivity contribution in [3.05, 3.63) is 77.9 Å². The fraction of sp³-hybridized carbons (Fsp3) is 0.259. The van der Waals surface area contributed by atoms with Crippen LogP contribution < -0.4 is 4.74 Å². The van der Waals surface area contributed by atoms with E-state index < -0.39 is 0 Å². The molecule has 0 saturated carbocycles. The topological polar surface area (TPSA) is 39.9 Å². The molecule has 0 unspecified atom stereocenters. The van der Waals surface area contributed by atoms with E-state index in [2.05, 4.69) is 54.8 Å². The molecular weight excluding hydrogens is 382 g/mol. The van der Waals surface area contributed by atoms with Gasteiger partial charge in [0.15, 0.2) is 5.65 Å². The number of benzene rings is 3. The first-order valence-electron chi connectivity index (χ1n) is 11.1. The average Bonchev–Trinajstić information content (AvgIpc) is 3.08. The van der Waals surface area contributed by atoms with Gasteiger partial charge in [0.1, 0.15) is 11.3 Å². The van der Waals surface area contributed by atoms with Crippen LogP contribution in [0.5, 0.6) is 5.75 Å². The van der Waals surface area contributed by atoms with Crippen molar-refractivity contribution in [1.29, 1.82) is 0 Å². The molecule has 2 heterocycles. The number of hydrogen-bond acceptors (Lipinski definition) is 3. The number of aromatic nitrogens is 3. The second-order valence-electron chi connectivity index (χ2n) is 8.15. The molecule has 0 saturated heterocycles. The highest BCUT2D eigenvalue weighted by atomic mass is 16.5. The fourth-order valence-electron chi connectivity index (χ4n) is 4.19. The van der Waals surface area contributed by atoms with Gasteiger partial charge in [-0.15, -0.1) is 0 Å². The summed E-state index contributed by atoms with van der Waals surface area (Å²) in [6.07, 6.45) is 3.46. The molecule has 156 valence electrons. The van der Waals surface area contributed by atoms with Gasteiger partial charge in [-0.3, -0.25) is 0 Å². The highest BCUT2D eigenvalue weighted by Crippen LogP contribution is 2.31. The Hall–Kier alpha value is -3.40. The second-order valence-corrected chi connectivity index (χ2v) is 8.15. The number of rotatable bonds is 7.